The minimum Gasteiger partial charge on any atom is -0.459 e. The molecular weight excluding hydrogens is 282 g/mol. The molecule has 1 fully saturated rings. The smallest absolute Gasteiger partial charge is 0.289 e. The number of aromatic nitrogens is 1. The average molecular weight is 299 g/mol. The number of nitrogens with zero attached hydrogens (tertiary/aromatic N) is 2. The van der Waals surface area contributed by atoms with Gasteiger partial charge in [0.2, 0.25) is 0 Å². The minimum atomic E-state index is -0.0989. The van der Waals surface area contributed by atoms with E-state index in [1.165, 1.54) is 6.26 Å². The maximum Gasteiger partial charge on any atom is 0.289 e. The van der Waals surface area contributed by atoms with Gasteiger partial charge < -0.3 is 14.6 Å². The second kappa shape index (κ2) is 6.43. The van der Waals surface area contributed by atoms with Crippen molar-refractivity contribution in [1.82, 2.24) is 15.2 Å². The zero-order valence-electron chi connectivity index (χ0n) is 12.1. The van der Waals surface area contributed by atoms with Gasteiger partial charge in [0.25, 0.3) is 11.8 Å². The van der Waals surface area contributed by atoms with Crippen molar-refractivity contribution >= 4 is 11.8 Å². The first-order chi connectivity index (χ1) is 10.7. The van der Waals surface area contributed by atoms with E-state index in [4.69, 9.17) is 4.42 Å². The number of nitrogens with one attached hydrogen (secondary N) is 1. The molecule has 0 unspecified atom stereocenters. The molecule has 6 heteroatoms. The van der Waals surface area contributed by atoms with Crippen molar-refractivity contribution in [2.45, 2.75) is 18.9 Å². The molecule has 1 aliphatic heterocycles. The summed E-state index contributed by atoms with van der Waals surface area (Å²) in [4.78, 5) is 29.9. The highest BCUT2D eigenvalue weighted by atomic mass is 16.3. The first-order valence-electron chi connectivity index (χ1n) is 7.28. The number of likely N-dealkylation sites (tertiary alicyclic amines) is 1. The number of amides is 2. The summed E-state index contributed by atoms with van der Waals surface area (Å²) in [5.41, 5.74) is 0.601. The molecule has 22 heavy (non-hydrogen) atoms. The Morgan fingerprint density at radius 1 is 1.18 bits per heavy atom. The van der Waals surface area contributed by atoms with Gasteiger partial charge in [-0.05, 0) is 37.1 Å². The molecule has 0 saturated carbocycles. The molecule has 114 valence electrons. The summed E-state index contributed by atoms with van der Waals surface area (Å²) in [5.74, 6) is 0.168. The Balaban J connectivity index is 1.52. The van der Waals surface area contributed by atoms with Gasteiger partial charge in [0.05, 0.1) is 6.26 Å². The average Bonchev–Trinajstić information content (AvgIpc) is 3.10. The fourth-order valence-electron chi connectivity index (χ4n) is 2.56. The topological polar surface area (TPSA) is 75.4 Å². The number of pyridine rings is 1. The van der Waals surface area contributed by atoms with E-state index < -0.39 is 0 Å². The van der Waals surface area contributed by atoms with Gasteiger partial charge >= 0.3 is 0 Å². The molecule has 1 saturated heterocycles. The third kappa shape index (κ3) is 3.16. The lowest BCUT2D eigenvalue weighted by Crippen LogP contribution is -2.46. The van der Waals surface area contributed by atoms with Gasteiger partial charge in [-0.3, -0.25) is 14.6 Å². The molecule has 2 aromatic rings. The van der Waals surface area contributed by atoms with Crippen LogP contribution >= 0.6 is 0 Å². The van der Waals surface area contributed by atoms with Crippen molar-refractivity contribution < 1.29 is 14.0 Å². The minimum absolute atomic E-state index is 0.0846. The number of rotatable bonds is 3. The Morgan fingerprint density at radius 3 is 2.55 bits per heavy atom. The summed E-state index contributed by atoms with van der Waals surface area (Å²) in [7, 11) is 0. The third-order valence-electron chi connectivity index (χ3n) is 3.79. The molecule has 1 N–H and O–H groups in total. The molecule has 0 spiro atoms. The van der Waals surface area contributed by atoms with Gasteiger partial charge in [0, 0.05) is 37.1 Å². The Bertz CT molecular complexity index is 632. The number of carbonyl (C=O) groups excluding carboxylic acids is 2. The van der Waals surface area contributed by atoms with Gasteiger partial charge in [0.1, 0.15) is 0 Å². The second-order valence-corrected chi connectivity index (χ2v) is 5.25. The Hall–Kier alpha value is -2.63. The highest BCUT2D eigenvalue weighted by Crippen LogP contribution is 2.15. The van der Waals surface area contributed by atoms with E-state index in [1.54, 1.807) is 41.6 Å². The highest BCUT2D eigenvalue weighted by molar-refractivity contribution is 5.94. The van der Waals surface area contributed by atoms with Crippen LogP contribution in [-0.2, 0) is 0 Å². The second-order valence-electron chi connectivity index (χ2n) is 5.25. The molecule has 0 radical (unpaired) electrons. The molecule has 2 aromatic heterocycles. The first-order valence-corrected chi connectivity index (χ1v) is 7.28. The van der Waals surface area contributed by atoms with Gasteiger partial charge in [-0.2, -0.15) is 0 Å². The summed E-state index contributed by atoms with van der Waals surface area (Å²) >= 11 is 0. The lowest BCUT2D eigenvalue weighted by atomic mass is 10.0. The van der Waals surface area contributed by atoms with Gasteiger partial charge in [-0.1, -0.05) is 0 Å². The number of piperidine rings is 1. The molecule has 3 heterocycles. The summed E-state index contributed by atoms with van der Waals surface area (Å²) in [5, 5.41) is 3.00. The normalized spacial score (nSPS) is 15.5. The van der Waals surface area contributed by atoms with Crippen LogP contribution in [-0.4, -0.2) is 40.8 Å². The van der Waals surface area contributed by atoms with Crippen LogP contribution in [0.4, 0.5) is 0 Å². The molecule has 3 rings (SSSR count). The number of carbonyl (C=O) groups is 2. The van der Waals surface area contributed by atoms with Gasteiger partial charge in [-0.25, -0.2) is 0 Å². The highest BCUT2D eigenvalue weighted by Gasteiger charge is 2.25. The zero-order chi connectivity index (χ0) is 15.4. The maximum atomic E-state index is 12.1. The van der Waals surface area contributed by atoms with Gasteiger partial charge in [0.15, 0.2) is 5.76 Å². The van der Waals surface area contributed by atoms with Crippen LogP contribution in [0.3, 0.4) is 0 Å². The predicted octanol–water partition coefficient (Wildman–Crippen LogP) is 1.71. The Morgan fingerprint density at radius 2 is 1.91 bits per heavy atom. The van der Waals surface area contributed by atoms with Crippen molar-refractivity contribution in [1.29, 1.82) is 0 Å². The van der Waals surface area contributed by atoms with Crippen molar-refractivity contribution in [3.63, 3.8) is 0 Å². The van der Waals surface area contributed by atoms with Crippen LogP contribution in [0.25, 0.3) is 0 Å². The summed E-state index contributed by atoms with van der Waals surface area (Å²) < 4.78 is 5.13. The fraction of sp³-hybridized carbons (Fsp3) is 0.312. The van der Waals surface area contributed by atoms with Gasteiger partial charge in [-0.15, -0.1) is 0 Å². The molecule has 0 aromatic carbocycles. The van der Waals surface area contributed by atoms with Crippen molar-refractivity contribution in [3.05, 3.63) is 54.2 Å². The molecule has 0 atom stereocenters. The Labute approximate surface area is 128 Å². The lowest BCUT2D eigenvalue weighted by Gasteiger charge is -2.31. The maximum absolute atomic E-state index is 12.1. The van der Waals surface area contributed by atoms with Crippen LogP contribution in [0.1, 0.15) is 33.8 Å². The van der Waals surface area contributed by atoms with Crippen molar-refractivity contribution in [2.24, 2.45) is 0 Å². The third-order valence-corrected chi connectivity index (χ3v) is 3.79. The van der Waals surface area contributed by atoms with E-state index in [9.17, 15) is 9.59 Å². The number of hydrogen-bond donors (Lipinski definition) is 1. The zero-order valence-corrected chi connectivity index (χ0v) is 12.1. The van der Waals surface area contributed by atoms with Crippen LogP contribution in [0.15, 0.2) is 47.3 Å². The fourth-order valence-corrected chi connectivity index (χ4v) is 2.56. The predicted molar refractivity (Wildman–Crippen MR) is 79.3 cm³/mol. The summed E-state index contributed by atoms with van der Waals surface area (Å²) in [6, 6.07) is 6.82. The van der Waals surface area contributed by atoms with Crippen LogP contribution < -0.4 is 5.32 Å². The summed E-state index contributed by atoms with van der Waals surface area (Å²) in [6.07, 6.45) is 6.17. The van der Waals surface area contributed by atoms with E-state index >= 15 is 0 Å². The standard InChI is InChI=1S/C16H17N3O3/c20-15(12-3-7-17-8-4-12)18-13-5-9-19(10-6-13)16(21)14-2-1-11-22-14/h1-4,7-8,11,13H,5-6,9-10H2,(H,18,20). The van der Waals surface area contributed by atoms with E-state index in [0.29, 0.717) is 24.4 Å². The number of furan rings is 1. The van der Waals surface area contributed by atoms with Crippen LogP contribution in [0.5, 0.6) is 0 Å². The van der Waals surface area contributed by atoms with Crippen LogP contribution in [0.2, 0.25) is 0 Å². The molecule has 6 nitrogen and oxygen atoms in total. The number of hydrogen-bond acceptors (Lipinski definition) is 4. The molecule has 0 aliphatic carbocycles. The van der Waals surface area contributed by atoms with Crippen molar-refractivity contribution in [2.75, 3.05) is 13.1 Å². The quantitative estimate of drug-likeness (QED) is 0.936. The Kier molecular flexibility index (Phi) is 4.18. The molecule has 1 aliphatic rings. The largest absolute Gasteiger partial charge is 0.459 e. The van der Waals surface area contributed by atoms with E-state index in [2.05, 4.69) is 10.3 Å². The molecule has 2 amide bonds. The SMILES string of the molecule is O=C(NC1CCN(C(=O)c2ccco2)CC1)c1ccncc1. The lowest BCUT2D eigenvalue weighted by molar-refractivity contribution is 0.0667. The molecular formula is C16H17N3O3. The monoisotopic (exact) mass is 299 g/mol. The van der Waals surface area contributed by atoms with E-state index in [-0.39, 0.29) is 17.9 Å². The first kappa shape index (κ1) is 14.3. The summed E-state index contributed by atoms with van der Waals surface area (Å²) in [6.45, 7) is 1.22. The van der Waals surface area contributed by atoms with E-state index in [0.717, 1.165) is 12.8 Å². The van der Waals surface area contributed by atoms with Crippen LogP contribution in [0, 0.1) is 0 Å². The van der Waals surface area contributed by atoms with E-state index in [1.807, 2.05) is 0 Å². The molecule has 0 bridgehead atoms. The van der Waals surface area contributed by atoms with Crippen molar-refractivity contribution in [3.8, 4) is 0 Å².